The maximum atomic E-state index is 6.30. The van der Waals surface area contributed by atoms with Gasteiger partial charge in [0.25, 0.3) is 0 Å². The van der Waals surface area contributed by atoms with Gasteiger partial charge in [0.1, 0.15) is 12.2 Å². The molecule has 0 aromatic heterocycles. The average Bonchev–Trinajstić information content (AvgIpc) is 3.30. The first-order valence-corrected chi connectivity index (χ1v) is 10.9. The lowest BCUT2D eigenvalue weighted by Crippen LogP contribution is -2.41. The Morgan fingerprint density at radius 3 is 1.87 bits per heavy atom. The van der Waals surface area contributed by atoms with Crippen LogP contribution in [0.1, 0.15) is 23.1 Å². The lowest BCUT2D eigenvalue weighted by molar-refractivity contribution is -0.129. The van der Waals surface area contributed by atoms with Gasteiger partial charge in [0.15, 0.2) is 0 Å². The van der Waals surface area contributed by atoms with Crippen LogP contribution in [0.5, 0.6) is 0 Å². The van der Waals surface area contributed by atoms with Crippen LogP contribution < -0.4 is 0 Å². The van der Waals surface area contributed by atoms with Gasteiger partial charge in [-0.25, -0.2) is 0 Å². The summed E-state index contributed by atoms with van der Waals surface area (Å²) in [5.74, 6) is 0. The van der Waals surface area contributed by atoms with Crippen molar-refractivity contribution < 1.29 is 18.9 Å². The highest BCUT2D eigenvalue weighted by Crippen LogP contribution is 2.24. The van der Waals surface area contributed by atoms with Crippen molar-refractivity contribution in [2.24, 2.45) is 0 Å². The molecule has 0 radical (unpaired) electrons. The van der Waals surface area contributed by atoms with Crippen molar-refractivity contribution in [3.63, 3.8) is 0 Å². The van der Waals surface area contributed by atoms with E-state index in [0.29, 0.717) is 33.0 Å². The van der Waals surface area contributed by atoms with Gasteiger partial charge in [0.05, 0.1) is 32.5 Å². The van der Waals surface area contributed by atoms with E-state index in [1.54, 1.807) is 0 Å². The SMILES string of the molecule is c1ccc(COCC(OCc2ccccc2)C2OCC[C@H]2OCc2ccccc2)cc1. The minimum absolute atomic E-state index is 0.0127. The second-order valence-corrected chi connectivity index (χ2v) is 7.79. The third-order valence-electron chi connectivity index (χ3n) is 5.45. The third kappa shape index (κ3) is 6.74. The van der Waals surface area contributed by atoms with E-state index in [1.165, 1.54) is 0 Å². The Balaban J connectivity index is 1.37. The molecule has 1 heterocycles. The van der Waals surface area contributed by atoms with Crippen LogP contribution in [-0.2, 0) is 38.8 Å². The molecule has 0 amide bonds. The molecule has 0 aliphatic carbocycles. The molecule has 1 aliphatic heterocycles. The van der Waals surface area contributed by atoms with Gasteiger partial charge in [0, 0.05) is 6.61 Å². The highest BCUT2D eigenvalue weighted by Gasteiger charge is 2.36. The summed E-state index contributed by atoms with van der Waals surface area (Å²) >= 11 is 0. The predicted octanol–water partition coefficient (Wildman–Crippen LogP) is 5.16. The zero-order valence-electron chi connectivity index (χ0n) is 17.8. The molecule has 1 aliphatic rings. The number of hydrogen-bond donors (Lipinski definition) is 0. The van der Waals surface area contributed by atoms with Crippen LogP contribution in [0, 0.1) is 0 Å². The normalized spacial score (nSPS) is 19.4. The van der Waals surface area contributed by atoms with Crippen molar-refractivity contribution in [3.05, 3.63) is 108 Å². The second kappa shape index (κ2) is 11.8. The molecule has 2 unspecified atom stereocenters. The van der Waals surface area contributed by atoms with E-state index >= 15 is 0 Å². The monoisotopic (exact) mass is 418 g/mol. The fourth-order valence-electron chi connectivity index (χ4n) is 3.78. The van der Waals surface area contributed by atoms with E-state index in [2.05, 4.69) is 36.4 Å². The predicted molar refractivity (Wildman–Crippen MR) is 120 cm³/mol. The summed E-state index contributed by atoms with van der Waals surface area (Å²) in [5.41, 5.74) is 3.44. The largest absolute Gasteiger partial charge is 0.374 e. The summed E-state index contributed by atoms with van der Waals surface area (Å²) in [6.45, 7) is 2.77. The quantitative estimate of drug-likeness (QED) is 0.431. The van der Waals surface area contributed by atoms with Gasteiger partial charge in [-0.1, -0.05) is 91.0 Å². The molecule has 4 rings (SSSR count). The number of rotatable bonds is 11. The Morgan fingerprint density at radius 2 is 1.26 bits per heavy atom. The Morgan fingerprint density at radius 1 is 0.710 bits per heavy atom. The van der Waals surface area contributed by atoms with Crippen molar-refractivity contribution in [2.75, 3.05) is 13.2 Å². The molecule has 0 bridgehead atoms. The summed E-state index contributed by atoms with van der Waals surface area (Å²) in [5, 5.41) is 0. The van der Waals surface area contributed by atoms with Crippen molar-refractivity contribution in [1.82, 2.24) is 0 Å². The van der Waals surface area contributed by atoms with Gasteiger partial charge in [-0.15, -0.1) is 0 Å². The molecule has 3 atom stereocenters. The molecule has 162 valence electrons. The average molecular weight is 419 g/mol. The standard InChI is InChI=1S/C27H30O4/c1-4-10-22(11-5-1)18-28-21-26(31-20-24-14-8-3-9-15-24)27-25(16-17-29-27)30-19-23-12-6-2-7-13-23/h1-15,25-27H,16-21H2/t25-,26?,27?/m1/s1. The molecule has 1 saturated heterocycles. The molecular formula is C27H30O4. The van der Waals surface area contributed by atoms with Crippen LogP contribution in [-0.4, -0.2) is 31.5 Å². The maximum Gasteiger partial charge on any atom is 0.112 e. The van der Waals surface area contributed by atoms with Crippen LogP contribution in [0.25, 0.3) is 0 Å². The molecule has 4 heteroatoms. The third-order valence-corrected chi connectivity index (χ3v) is 5.45. The Bertz CT molecular complexity index is 870. The Kier molecular flexibility index (Phi) is 8.25. The van der Waals surface area contributed by atoms with Gasteiger partial charge in [-0.2, -0.15) is 0 Å². The fraction of sp³-hybridized carbons (Fsp3) is 0.333. The fourth-order valence-corrected chi connectivity index (χ4v) is 3.78. The van der Waals surface area contributed by atoms with Gasteiger partial charge >= 0.3 is 0 Å². The molecule has 3 aromatic rings. The van der Waals surface area contributed by atoms with Crippen LogP contribution in [0.3, 0.4) is 0 Å². The zero-order chi connectivity index (χ0) is 21.1. The lowest BCUT2D eigenvalue weighted by Gasteiger charge is -2.28. The summed E-state index contributed by atoms with van der Waals surface area (Å²) < 4.78 is 24.7. The summed E-state index contributed by atoms with van der Waals surface area (Å²) in [4.78, 5) is 0. The summed E-state index contributed by atoms with van der Waals surface area (Å²) in [6.07, 6.45) is 0.498. The van der Waals surface area contributed by atoms with Crippen molar-refractivity contribution in [2.45, 2.75) is 44.6 Å². The highest BCUT2D eigenvalue weighted by molar-refractivity contribution is 5.15. The zero-order valence-corrected chi connectivity index (χ0v) is 17.8. The number of ether oxygens (including phenoxy) is 4. The first kappa shape index (κ1) is 21.7. The van der Waals surface area contributed by atoms with Crippen molar-refractivity contribution in [1.29, 1.82) is 0 Å². The van der Waals surface area contributed by atoms with Gasteiger partial charge in [0.2, 0.25) is 0 Å². The second-order valence-electron chi connectivity index (χ2n) is 7.79. The van der Waals surface area contributed by atoms with Crippen LogP contribution >= 0.6 is 0 Å². The molecular weight excluding hydrogens is 388 g/mol. The van der Waals surface area contributed by atoms with E-state index in [9.17, 15) is 0 Å². The lowest BCUT2D eigenvalue weighted by atomic mass is 10.1. The minimum Gasteiger partial charge on any atom is -0.374 e. The van der Waals surface area contributed by atoms with Crippen LogP contribution in [0.4, 0.5) is 0 Å². The van der Waals surface area contributed by atoms with Crippen molar-refractivity contribution in [3.8, 4) is 0 Å². The summed E-state index contributed by atoms with van der Waals surface area (Å²) in [6, 6.07) is 30.6. The Labute approximate surface area is 184 Å². The van der Waals surface area contributed by atoms with E-state index in [-0.39, 0.29) is 18.3 Å². The van der Waals surface area contributed by atoms with Gasteiger partial charge < -0.3 is 18.9 Å². The molecule has 0 saturated carbocycles. The van der Waals surface area contributed by atoms with Gasteiger partial charge in [-0.3, -0.25) is 0 Å². The van der Waals surface area contributed by atoms with Crippen molar-refractivity contribution >= 4 is 0 Å². The first-order chi connectivity index (χ1) is 15.4. The Hall–Kier alpha value is -2.50. The molecule has 31 heavy (non-hydrogen) atoms. The van der Waals surface area contributed by atoms with E-state index in [4.69, 9.17) is 18.9 Å². The molecule has 4 nitrogen and oxygen atoms in total. The molecule has 0 spiro atoms. The molecule has 1 fully saturated rings. The highest BCUT2D eigenvalue weighted by atomic mass is 16.6. The molecule has 3 aromatic carbocycles. The molecule has 0 N–H and O–H groups in total. The topological polar surface area (TPSA) is 36.9 Å². The van der Waals surface area contributed by atoms with E-state index < -0.39 is 0 Å². The van der Waals surface area contributed by atoms with Crippen LogP contribution in [0.2, 0.25) is 0 Å². The van der Waals surface area contributed by atoms with Gasteiger partial charge in [-0.05, 0) is 23.1 Å². The van der Waals surface area contributed by atoms with E-state index in [0.717, 1.165) is 23.1 Å². The van der Waals surface area contributed by atoms with Crippen LogP contribution in [0.15, 0.2) is 91.0 Å². The number of hydrogen-bond acceptors (Lipinski definition) is 4. The number of benzene rings is 3. The smallest absolute Gasteiger partial charge is 0.112 e. The summed E-state index contributed by atoms with van der Waals surface area (Å²) in [7, 11) is 0. The maximum absolute atomic E-state index is 6.30. The minimum atomic E-state index is -0.202. The van der Waals surface area contributed by atoms with E-state index in [1.807, 2.05) is 54.6 Å². The first-order valence-electron chi connectivity index (χ1n) is 10.9.